The van der Waals surface area contributed by atoms with Crippen LogP contribution in [0.25, 0.3) is 0 Å². The van der Waals surface area contributed by atoms with Crippen LogP contribution in [0, 0.1) is 33.5 Å². The Morgan fingerprint density at radius 2 is 1.14 bits per heavy atom. The number of para-hydroxylation sites is 1. The van der Waals surface area contributed by atoms with Gasteiger partial charge in [0.25, 0.3) is 0 Å². The second kappa shape index (κ2) is 6.96. The number of imide groups is 1. The van der Waals surface area contributed by atoms with Crippen LogP contribution in [0.2, 0.25) is 0 Å². The van der Waals surface area contributed by atoms with Crippen LogP contribution in [0.1, 0.15) is 81.1 Å². The van der Waals surface area contributed by atoms with Crippen LogP contribution in [0.15, 0.2) is 30.3 Å². The first-order valence-corrected chi connectivity index (χ1v) is 11.2. The first kappa shape index (κ1) is 22.1. The van der Waals surface area contributed by atoms with Gasteiger partial charge in [-0.05, 0) is 60.5 Å². The highest BCUT2D eigenvalue weighted by Crippen LogP contribution is 2.59. The van der Waals surface area contributed by atoms with Gasteiger partial charge < -0.3 is 0 Å². The number of amides is 2. The van der Waals surface area contributed by atoms with Crippen molar-refractivity contribution in [3.8, 4) is 0 Å². The average molecular weight is 398 g/mol. The first-order valence-electron chi connectivity index (χ1n) is 11.2. The zero-order valence-electron chi connectivity index (χ0n) is 19.6. The molecule has 2 fully saturated rings. The Bertz CT molecular complexity index is 748. The third kappa shape index (κ3) is 2.99. The minimum atomic E-state index is -0.553. The molecule has 0 N–H and O–H groups in total. The first-order chi connectivity index (χ1) is 13.3. The van der Waals surface area contributed by atoms with Gasteiger partial charge in [0.15, 0.2) is 0 Å². The summed E-state index contributed by atoms with van der Waals surface area (Å²) in [4.78, 5) is 29.9. The molecule has 29 heavy (non-hydrogen) atoms. The minimum absolute atomic E-state index is 0.0281. The van der Waals surface area contributed by atoms with Gasteiger partial charge >= 0.3 is 0 Å². The Morgan fingerprint density at radius 3 is 1.45 bits per heavy atom. The van der Waals surface area contributed by atoms with E-state index < -0.39 is 10.8 Å². The molecular formula is C26H39NO2. The predicted octanol–water partition coefficient (Wildman–Crippen LogP) is 6.47. The lowest BCUT2D eigenvalue weighted by Crippen LogP contribution is -2.56. The van der Waals surface area contributed by atoms with Crippen LogP contribution >= 0.6 is 0 Å². The lowest BCUT2D eigenvalue weighted by molar-refractivity contribution is -0.142. The smallest absolute Gasteiger partial charge is 0.240 e. The van der Waals surface area contributed by atoms with E-state index in [1.54, 1.807) is 4.90 Å². The summed E-state index contributed by atoms with van der Waals surface area (Å²) < 4.78 is 0. The third-order valence-electron chi connectivity index (χ3n) is 9.83. The molecule has 4 atom stereocenters. The molecule has 2 aliphatic carbocycles. The van der Waals surface area contributed by atoms with Gasteiger partial charge in [-0.15, -0.1) is 0 Å². The molecule has 0 radical (unpaired) electrons. The van der Waals surface area contributed by atoms with Crippen molar-refractivity contribution < 1.29 is 9.59 Å². The molecule has 2 amide bonds. The summed E-state index contributed by atoms with van der Waals surface area (Å²) in [5.41, 5.74) is -0.713. The van der Waals surface area contributed by atoms with Crippen LogP contribution < -0.4 is 4.90 Å². The van der Waals surface area contributed by atoms with E-state index in [9.17, 15) is 9.59 Å². The second-order valence-electron chi connectivity index (χ2n) is 11.3. The highest BCUT2D eigenvalue weighted by molar-refractivity contribution is 6.18. The topological polar surface area (TPSA) is 37.4 Å². The SMILES string of the molecule is C[C@@H]1CC[C@@](C)(C(=O)N(C(=O)[C@@]2(C)CC[C@@H](C)C2(C)C)c2ccccc2)C1(C)C. The van der Waals surface area contributed by atoms with E-state index in [-0.39, 0.29) is 22.6 Å². The summed E-state index contributed by atoms with van der Waals surface area (Å²) in [6.07, 6.45) is 3.69. The normalized spacial score (nSPS) is 35.4. The highest BCUT2D eigenvalue weighted by Gasteiger charge is 2.60. The van der Waals surface area contributed by atoms with Crippen molar-refractivity contribution in [2.45, 2.75) is 81.1 Å². The maximum Gasteiger partial charge on any atom is 0.240 e. The molecule has 0 saturated heterocycles. The van der Waals surface area contributed by atoms with Crippen LogP contribution in [0.4, 0.5) is 5.69 Å². The summed E-state index contributed by atoms with van der Waals surface area (Å²) in [6, 6.07) is 9.57. The Labute approximate surface area is 177 Å². The summed E-state index contributed by atoms with van der Waals surface area (Å²) in [6.45, 7) is 17.4. The maximum atomic E-state index is 14.2. The molecule has 3 nitrogen and oxygen atoms in total. The summed E-state index contributed by atoms with van der Waals surface area (Å²) in [5, 5.41) is 0. The lowest BCUT2D eigenvalue weighted by atomic mass is 9.63. The van der Waals surface area contributed by atoms with E-state index in [0.717, 1.165) is 25.7 Å². The number of hydrogen-bond donors (Lipinski definition) is 0. The minimum Gasteiger partial charge on any atom is -0.273 e. The van der Waals surface area contributed by atoms with Crippen molar-refractivity contribution >= 4 is 17.5 Å². The van der Waals surface area contributed by atoms with Crippen LogP contribution in [0.3, 0.4) is 0 Å². The Hall–Kier alpha value is -1.64. The van der Waals surface area contributed by atoms with Crippen molar-refractivity contribution in [1.29, 1.82) is 0 Å². The number of nitrogens with zero attached hydrogens (tertiary/aromatic N) is 1. The Kier molecular flexibility index (Phi) is 5.29. The van der Waals surface area contributed by atoms with E-state index >= 15 is 0 Å². The number of anilines is 1. The van der Waals surface area contributed by atoms with Gasteiger partial charge in [0.1, 0.15) is 0 Å². The van der Waals surface area contributed by atoms with E-state index in [2.05, 4.69) is 55.4 Å². The summed E-state index contributed by atoms with van der Waals surface area (Å²) in [5.74, 6) is 0.838. The molecule has 0 aromatic heterocycles. The van der Waals surface area contributed by atoms with Gasteiger partial charge in [-0.25, -0.2) is 4.90 Å². The van der Waals surface area contributed by atoms with E-state index in [4.69, 9.17) is 0 Å². The van der Waals surface area contributed by atoms with Crippen molar-refractivity contribution in [3.05, 3.63) is 30.3 Å². The number of hydrogen-bond acceptors (Lipinski definition) is 2. The molecule has 3 rings (SSSR count). The predicted molar refractivity (Wildman–Crippen MR) is 120 cm³/mol. The van der Waals surface area contributed by atoms with Gasteiger partial charge in [0.2, 0.25) is 11.8 Å². The Morgan fingerprint density at radius 1 is 0.759 bits per heavy atom. The van der Waals surface area contributed by atoms with Crippen LogP contribution in [0.5, 0.6) is 0 Å². The largest absolute Gasteiger partial charge is 0.273 e. The molecule has 2 saturated carbocycles. The fourth-order valence-electron chi connectivity index (χ4n) is 5.63. The van der Waals surface area contributed by atoms with Crippen molar-refractivity contribution in [2.24, 2.45) is 33.5 Å². The monoisotopic (exact) mass is 397 g/mol. The Balaban J connectivity index is 2.10. The molecule has 160 valence electrons. The number of carbonyl (C=O) groups excluding carboxylic acids is 2. The molecule has 0 unspecified atom stereocenters. The highest BCUT2D eigenvalue weighted by atomic mass is 16.2. The standard InChI is InChI=1S/C26H39NO2/c1-18-14-16-25(7,23(18,3)4)21(28)27(20-12-10-9-11-13-20)22(29)26(8)17-15-19(2)24(26,5)6/h9-13,18-19H,14-17H2,1-8H3/t18-,19-,25-,26+/m1/s1. The van der Waals surface area contributed by atoms with Gasteiger partial charge in [-0.1, -0.05) is 73.6 Å². The fourth-order valence-corrected chi connectivity index (χ4v) is 5.63. The average Bonchev–Trinajstić information content (AvgIpc) is 3.02. The summed E-state index contributed by atoms with van der Waals surface area (Å²) in [7, 11) is 0. The molecule has 0 spiro atoms. The second-order valence-corrected chi connectivity index (χ2v) is 11.3. The molecule has 0 aliphatic heterocycles. The van der Waals surface area contributed by atoms with E-state index in [0.29, 0.717) is 17.5 Å². The molecule has 1 aromatic carbocycles. The molecule has 2 aliphatic rings. The van der Waals surface area contributed by atoms with Crippen LogP contribution in [-0.4, -0.2) is 11.8 Å². The van der Waals surface area contributed by atoms with Crippen molar-refractivity contribution in [3.63, 3.8) is 0 Å². The number of rotatable bonds is 3. The number of benzene rings is 1. The third-order valence-corrected chi connectivity index (χ3v) is 9.83. The van der Waals surface area contributed by atoms with Crippen molar-refractivity contribution in [2.75, 3.05) is 4.90 Å². The summed E-state index contributed by atoms with van der Waals surface area (Å²) >= 11 is 0. The van der Waals surface area contributed by atoms with Gasteiger partial charge in [-0.3, -0.25) is 9.59 Å². The van der Waals surface area contributed by atoms with Gasteiger partial charge in [0, 0.05) is 0 Å². The molecule has 3 heteroatoms. The molecule has 0 bridgehead atoms. The van der Waals surface area contributed by atoms with Crippen molar-refractivity contribution in [1.82, 2.24) is 0 Å². The molecule has 1 aromatic rings. The maximum absolute atomic E-state index is 14.2. The lowest BCUT2D eigenvalue weighted by Gasteiger charge is -2.46. The van der Waals surface area contributed by atoms with E-state index in [1.165, 1.54) is 0 Å². The fraction of sp³-hybridized carbons (Fsp3) is 0.692. The zero-order valence-corrected chi connectivity index (χ0v) is 19.6. The van der Waals surface area contributed by atoms with Gasteiger partial charge in [-0.2, -0.15) is 0 Å². The van der Waals surface area contributed by atoms with Crippen LogP contribution in [-0.2, 0) is 9.59 Å². The zero-order chi connectivity index (χ0) is 21.8. The number of carbonyl (C=O) groups is 2. The molecule has 0 heterocycles. The van der Waals surface area contributed by atoms with Gasteiger partial charge in [0.05, 0.1) is 16.5 Å². The van der Waals surface area contributed by atoms with E-state index in [1.807, 2.05) is 30.3 Å². The quantitative estimate of drug-likeness (QED) is 0.548. The molecular weight excluding hydrogens is 358 g/mol.